The Hall–Kier alpha value is -3.90. The number of nitrogens with one attached hydrogen (secondary N) is 1. The van der Waals surface area contributed by atoms with E-state index in [9.17, 15) is 4.79 Å². The number of allylic oxidation sites excluding steroid dienone is 1. The van der Waals surface area contributed by atoms with Crippen molar-refractivity contribution in [2.45, 2.75) is 13.8 Å². The summed E-state index contributed by atoms with van der Waals surface area (Å²) < 4.78 is 22.5. The Morgan fingerprint density at radius 3 is 2.34 bits per heavy atom. The van der Waals surface area contributed by atoms with Gasteiger partial charge in [0.2, 0.25) is 5.91 Å². The van der Waals surface area contributed by atoms with Gasteiger partial charge in [-0.2, -0.15) is 0 Å². The first-order chi connectivity index (χ1) is 16.9. The third-order valence-corrected chi connectivity index (χ3v) is 6.08. The number of carbonyl (C=O) groups is 1. The van der Waals surface area contributed by atoms with Gasteiger partial charge in [0.05, 0.1) is 27.6 Å². The number of rotatable bonds is 7. The summed E-state index contributed by atoms with van der Waals surface area (Å²) in [4.78, 5) is 12.7. The van der Waals surface area contributed by atoms with E-state index < -0.39 is 0 Å². The molecule has 0 aliphatic heterocycles. The maximum atomic E-state index is 12.7. The number of furan rings is 1. The fourth-order valence-electron chi connectivity index (χ4n) is 4.09. The van der Waals surface area contributed by atoms with Crippen LogP contribution in [0.3, 0.4) is 0 Å². The van der Waals surface area contributed by atoms with E-state index in [-0.39, 0.29) is 5.91 Å². The van der Waals surface area contributed by atoms with Crippen LogP contribution in [0.15, 0.2) is 65.3 Å². The third-order valence-electron chi connectivity index (χ3n) is 5.83. The van der Waals surface area contributed by atoms with Crippen LogP contribution in [0, 0.1) is 6.92 Å². The lowest BCUT2D eigenvalue weighted by Crippen LogP contribution is -2.08. The van der Waals surface area contributed by atoms with Gasteiger partial charge >= 0.3 is 0 Å². The monoisotopic (exact) mass is 491 g/mol. The molecule has 1 N–H and O–H groups in total. The highest BCUT2D eigenvalue weighted by Gasteiger charge is 2.19. The van der Waals surface area contributed by atoms with Crippen molar-refractivity contribution in [2.75, 3.05) is 26.6 Å². The lowest BCUT2D eigenvalue weighted by molar-refractivity contribution is -0.111. The molecule has 0 saturated heterocycles. The second-order valence-corrected chi connectivity index (χ2v) is 8.44. The maximum absolute atomic E-state index is 12.7. The maximum Gasteiger partial charge on any atom is 0.248 e. The minimum atomic E-state index is -0.253. The van der Waals surface area contributed by atoms with Crippen LogP contribution in [0.5, 0.6) is 17.2 Å². The number of fused-ring (bicyclic) bond motifs is 1. The van der Waals surface area contributed by atoms with Crippen LogP contribution in [0.25, 0.3) is 27.7 Å². The molecular formula is C28H26ClNO5. The summed E-state index contributed by atoms with van der Waals surface area (Å²) in [6.45, 7) is 3.81. The molecule has 0 atom stereocenters. The number of amides is 1. The number of ether oxygens (including phenoxy) is 3. The Bertz CT molecular complexity index is 1420. The second kappa shape index (κ2) is 10.2. The van der Waals surface area contributed by atoms with Crippen molar-refractivity contribution in [1.82, 2.24) is 0 Å². The molecule has 3 aromatic carbocycles. The normalized spacial score (nSPS) is 11.4. The zero-order valence-corrected chi connectivity index (χ0v) is 20.9. The van der Waals surface area contributed by atoms with Crippen LogP contribution in [-0.2, 0) is 4.79 Å². The summed E-state index contributed by atoms with van der Waals surface area (Å²) >= 11 is 5.93. The summed E-state index contributed by atoms with van der Waals surface area (Å²) in [6.07, 6.45) is 3.27. The third kappa shape index (κ3) is 4.84. The average molecular weight is 492 g/mol. The Balaban J connectivity index is 1.77. The highest BCUT2D eigenvalue weighted by molar-refractivity contribution is 6.30. The van der Waals surface area contributed by atoms with E-state index in [1.807, 2.05) is 38.1 Å². The molecule has 4 aromatic rings. The van der Waals surface area contributed by atoms with E-state index in [0.29, 0.717) is 33.5 Å². The first-order valence-electron chi connectivity index (χ1n) is 10.9. The summed E-state index contributed by atoms with van der Waals surface area (Å²) in [6, 6.07) is 14.7. The molecule has 1 aromatic heterocycles. The topological polar surface area (TPSA) is 69.9 Å². The molecule has 35 heavy (non-hydrogen) atoms. The van der Waals surface area contributed by atoms with E-state index in [1.165, 1.54) is 0 Å². The molecule has 0 saturated carbocycles. The molecule has 0 fully saturated rings. The van der Waals surface area contributed by atoms with Crippen LogP contribution in [0.1, 0.15) is 18.1 Å². The van der Waals surface area contributed by atoms with Gasteiger partial charge in [0, 0.05) is 38.9 Å². The minimum Gasteiger partial charge on any atom is -0.496 e. The molecule has 1 heterocycles. The fourth-order valence-corrected chi connectivity index (χ4v) is 4.21. The summed E-state index contributed by atoms with van der Waals surface area (Å²) in [5.74, 6) is 1.67. The van der Waals surface area contributed by atoms with Crippen LogP contribution in [-0.4, -0.2) is 27.2 Å². The highest BCUT2D eigenvalue weighted by atomic mass is 35.5. The molecule has 4 rings (SSSR count). The molecule has 0 aliphatic carbocycles. The minimum absolute atomic E-state index is 0.253. The van der Waals surface area contributed by atoms with Crippen LogP contribution in [0.4, 0.5) is 5.69 Å². The van der Waals surface area contributed by atoms with Gasteiger partial charge in [-0.05, 0) is 67.4 Å². The molecule has 0 aliphatic rings. The van der Waals surface area contributed by atoms with Gasteiger partial charge in [0.1, 0.15) is 11.3 Å². The summed E-state index contributed by atoms with van der Waals surface area (Å²) in [7, 11) is 4.81. The van der Waals surface area contributed by atoms with E-state index in [0.717, 1.165) is 33.2 Å². The van der Waals surface area contributed by atoms with E-state index >= 15 is 0 Å². The molecule has 7 heteroatoms. The van der Waals surface area contributed by atoms with Crippen molar-refractivity contribution in [3.63, 3.8) is 0 Å². The number of halogens is 1. The quantitative estimate of drug-likeness (QED) is 0.278. The van der Waals surface area contributed by atoms with Crippen LogP contribution >= 0.6 is 11.6 Å². The zero-order valence-electron chi connectivity index (χ0n) is 20.2. The Morgan fingerprint density at radius 1 is 0.971 bits per heavy atom. The van der Waals surface area contributed by atoms with Gasteiger partial charge in [-0.25, -0.2) is 0 Å². The predicted octanol–water partition coefficient (Wildman–Crippen LogP) is 7.13. The smallest absolute Gasteiger partial charge is 0.248 e. The number of benzene rings is 3. The highest BCUT2D eigenvalue weighted by Crippen LogP contribution is 2.42. The first kappa shape index (κ1) is 24.2. The van der Waals surface area contributed by atoms with Crippen molar-refractivity contribution >= 4 is 39.7 Å². The van der Waals surface area contributed by atoms with Gasteiger partial charge in [-0.3, -0.25) is 4.79 Å². The molecule has 180 valence electrons. The first-order valence-corrected chi connectivity index (χ1v) is 11.3. The second-order valence-electron chi connectivity index (χ2n) is 8.00. The van der Waals surface area contributed by atoms with Gasteiger partial charge in [0.25, 0.3) is 0 Å². The molecular weight excluding hydrogens is 466 g/mol. The number of hydrogen-bond donors (Lipinski definition) is 1. The number of hydrogen-bond acceptors (Lipinski definition) is 5. The number of methoxy groups -OCH3 is 3. The molecule has 6 nitrogen and oxygen atoms in total. The fraction of sp³-hybridized carbons (Fsp3) is 0.179. The Morgan fingerprint density at radius 2 is 1.69 bits per heavy atom. The molecule has 0 spiro atoms. The Labute approximate surface area is 209 Å². The van der Waals surface area contributed by atoms with Gasteiger partial charge in [0.15, 0.2) is 11.5 Å². The van der Waals surface area contributed by atoms with Crippen molar-refractivity contribution in [3.8, 4) is 28.4 Å². The standard InChI is InChI=1S/C28H26ClNO5/c1-16(12-26(31)30-20-9-7-19(29)8-10-20)21-14-22-23(15-35-28(22)17(2)27(21)34-5)18-6-11-24(32-3)25(13-18)33-4/h6-15H,1-5H3,(H,30,31)/b16-12+. The zero-order chi connectivity index (χ0) is 25.1. The van der Waals surface area contributed by atoms with Crippen LogP contribution in [0.2, 0.25) is 5.02 Å². The van der Waals surface area contributed by atoms with Gasteiger partial charge in [-0.15, -0.1) is 0 Å². The molecule has 0 unspecified atom stereocenters. The van der Waals surface area contributed by atoms with Crippen LogP contribution < -0.4 is 19.5 Å². The van der Waals surface area contributed by atoms with E-state index in [4.69, 9.17) is 30.2 Å². The lowest BCUT2D eigenvalue weighted by atomic mass is 9.96. The van der Waals surface area contributed by atoms with E-state index in [1.54, 1.807) is 57.9 Å². The van der Waals surface area contributed by atoms with Crippen molar-refractivity contribution in [3.05, 3.63) is 77.0 Å². The number of anilines is 1. The lowest BCUT2D eigenvalue weighted by Gasteiger charge is -2.14. The summed E-state index contributed by atoms with van der Waals surface area (Å²) in [5.41, 5.74) is 5.58. The number of carbonyl (C=O) groups excluding carboxylic acids is 1. The predicted molar refractivity (Wildman–Crippen MR) is 140 cm³/mol. The molecule has 0 bridgehead atoms. The Kier molecular flexibility index (Phi) is 7.03. The molecule has 1 amide bonds. The van der Waals surface area contributed by atoms with Gasteiger partial charge < -0.3 is 23.9 Å². The SMILES string of the molecule is COc1ccc(-c2coc3c(C)c(OC)c(/C(C)=C/C(=O)Nc4ccc(Cl)cc4)cc23)cc1OC. The van der Waals surface area contributed by atoms with Crippen molar-refractivity contribution in [2.24, 2.45) is 0 Å². The molecule has 0 radical (unpaired) electrons. The van der Waals surface area contributed by atoms with Crippen molar-refractivity contribution in [1.29, 1.82) is 0 Å². The van der Waals surface area contributed by atoms with E-state index in [2.05, 4.69) is 5.32 Å². The largest absolute Gasteiger partial charge is 0.496 e. The summed E-state index contributed by atoms with van der Waals surface area (Å²) in [5, 5.41) is 4.36. The van der Waals surface area contributed by atoms with Gasteiger partial charge in [-0.1, -0.05) is 17.7 Å². The number of aryl methyl sites for hydroxylation is 1. The van der Waals surface area contributed by atoms with Crippen molar-refractivity contribution < 1.29 is 23.4 Å². The average Bonchev–Trinajstić information content (AvgIpc) is 3.29.